The molecule has 2 aromatic heterocycles. The number of anilines is 1. The molecular weight excluding hydrogens is 312 g/mol. The van der Waals surface area contributed by atoms with Crippen LogP contribution in [0.2, 0.25) is 0 Å². The summed E-state index contributed by atoms with van der Waals surface area (Å²) < 4.78 is 5.99. The third-order valence-electron chi connectivity index (χ3n) is 4.74. The van der Waals surface area contributed by atoms with Gasteiger partial charge in [0.1, 0.15) is 5.82 Å². The Balaban J connectivity index is 1.53. The molecule has 5 nitrogen and oxygen atoms in total. The molecule has 2 aromatic rings. The molecule has 1 aliphatic rings. The van der Waals surface area contributed by atoms with E-state index >= 15 is 0 Å². The van der Waals surface area contributed by atoms with Crippen LogP contribution in [0.4, 0.5) is 5.82 Å². The summed E-state index contributed by atoms with van der Waals surface area (Å²) in [5.74, 6) is 1.01. The van der Waals surface area contributed by atoms with E-state index < -0.39 is 0 Å². The second-order valence-corrected chi connectivity index (χ2v) is 6.95. The van der Waals surface area contributed by atoms with Crippen LogP contribution in [0.15, 0.2) is 36.7 Å². The van der Waals surface area contributed by atoms with E-state index in [-0.39, 0.29) is 6.10 Å². The molecule has 1 atom stereocenters. The van der Waals surface area contributed by atoms with E-state index in [1.807, 2.05) is 37.5 Å². The van der Waals surface area contributed by atoms with Crippen molar-refractivity contribution in [3.8, 4) is 0 Å². The molecule has 0 spiro atoms. The van der Waals surface area contributed by atoms with Gasteiger partial charge in [0.15, 0.2) is 0 Å². The normalized spacial score (nSPS) is 18.3. The predicted octanol–water partition coefficient (Wildman–Crippen LogP) is 2.68. The fourth-order valence-electron chi connectivity index (χ4n) is 3.18. The van der Waals surface area contributed by atoms with Crippen LogP contribution in [0.3, 0.4) is 0 Å². The Kier molecular flexibility index (Phi) is 6.00. The van der Waals surface area contributed by atoms with Crippen LogP contribution < -0.4 is 4.90 Å². The van der Waals surface area contributed by atoms with E-state index in [0.717, 1.165) is 44.9 Å². The standard InChI is InChI=1S/C20H28N4O/c1-16-5-4-9-21-19(16)15-24-11-12-25-18(14-24)7-6-17-8-10-22-20(13-17)23(2)3/h4-5,8-10,13,18H,6-7,11-12,14-15H2,1-3H3/t18-/m1/s1. The average molecular weight is 340 g/mol. The van der Waals surface area contributed by atoms with Crippen LogP contribution >= 0.6 is 0 Å². The summed E-state index contributed by atoms with van der Waals surface area (Å²) in [5.41, 5.74) is 3.76. The van der Waals surface area contributed by atoms with Crippen LogP contribution in [0.5, 0.6) is 0 Å². The Morgan fingerprint density at radius 2 is 2.12 bits per heavy atom. The highest BCUT2D eigenvalue weighted by molar-refractivity contribution is 5.39. The summed E-state index contributed by atoms with van der Waals surface area (Å²) in [6, 6.07) is 8.40. The molecule has 0 aliphatic carbocycles. The van der Waals surface area contributed by atoms with Crippen LogP contribution in [-0.4, -0.2) is 54.8 Å². The molecule has 1 fully saturated rings. The molecule has 0 radical (unpaired) electrons. The molecule has 0 bridgehead atoms. The van der Waals surface area contributed by atoms with E-state index in [1.165, 1.54) is 16.8 Å². The van der Waals surface area contributed by atoms with Crippen molar-refractivity contribution in [1.82, 2.24) is 14.9 Å². The molecule has 3 rings (SSSR count). The first-order valence-corrected chi connectivity index (χ1v) is 8.98. The van der Waals surface area contributed by atoms with Gasteiger partial charge in [-0.25, -0.2) is 4.98 Å². The predicted molar refractivity (Wildman–Crippen MR) is 101 cm³/mol. The van der Waals surface area contributed by atoms with Crippen molar-refractivity contribution in [2.75, 3.05) is 38.7 Å². The van der Waals surface area contributed by atoms with Gasteiger partial charge in [0.05, 0.1) is 18.4 Å². The molecule has 25 heavy (non-hydrogen) atoms. The highest BCUT2D eigenvalue weighted by atomic mass is 16.5. The summed E-state index contributed by atoms with van der Waals surface area (Å²) in [6.45, 7) is 5.79. The minimum absolute atomic E-state index is 0.286. The minimum Gasteiger partial charge on any atom is -0.376 e. The van der Waals surface area contributed by atoms with Crippen molar-refractivity contribution in [3.63, 3.8) is 0 Å². The van der Waals surface area contributed by atoms with Gasteiger partial charge in [0.2, 0.25) is 0 Å². The molecule has 0 aromatic carbocycles. The fourth-order valence-corrected chi connectivity index (χ4v) is 3.18. The number of aromatic nitrogens is 2. The number of aryl methyl sites for hydroxylation is 2. The smallest absolute Gasteiger partial charge is 0.128 e. The number of hydrogen-bond acceptors (Lipinski definition) is 5. The van der Waals surface area contributed by atoms with E-state index in [4.69, 9.17) is 4.74 Å². The maximum atomic E-state index is 5.99. The minimum atomic E-state index is 0.286. The van der Waals surface area contributed by atoms with E-state index in [2.05, 4.69) is 40.0 Å². The number of pyridine rings is 2. The lowest BCUT2D eigenvalue weighted by Crippen LogP contribution is -2.42. The first-order chi connectivity index (χ1) is 12.1. The Hall–Kier alpha value is -1.98. The highest BCUT2D eigenvalue weighted by Crippen LogP contribution is 2.17. The number of hydrogen-bond donors (Lipinski definition) is 0. The second kappa shape index (κ2) is 8.41. The molecule has 134 valence electrons. The quantitative estimate of drug-likeness (QED) is 0.809. The second-order valence-electron chi connectivity index (χ2n) is 6.95. The Labute approximate surface area is 150 Å². The summed E-state index contributed by atoms with van der Waals surface area (Å²) >= 11 is 0. The number of ether oxygens (including phenoxy) is 1. The monoisotopic (exact) mass is 340 g/mol. The summed E-state index contributed by atoms with van der Waals surface area (Å²) in [4.78, 5) is 13.4. The zero-order valence-corrected chi connectivity index (χ0v) is 15.5. The summed E-state index contributed by atoms with van der Waals surface area (Å²) in [7, 11) is 4.04. The van der Waals surface area contributed by atoms with E-state index in [0.29, 0.717) is 0 Å². The molecule has 0 N–H and O–H groups in total. The molecule has 1 aliphatic heterocycles. The van der Waals surface area contributed by atoms with Gasteiger partial charge in [0.25, 0.3) is 0 Å². The van der Waals surface area contributed by atoms with E-state index in [9.17, 15) is 0 Å². The lowest BCUT2D eigenvalue weighted by molar-refractivity contribution is -0.0349. The zero-order valence-electron chi connectivity index (χ0n) is 15.5. The van der Waals surface area contributed by atoms with Crippen LogP contribution in [0, 0.1) is 6.92 Å². The summed E-state index contributed by atoms with van der Waals surface area (Å²) in [6.07, 6.45) is 6.11. The van der Waals surface area contributed by atoms with Crippen molar-refractivity contribution in [1.29, 1.82) is 0 Å². The van der Waals surface area contributed by atoms with Gasteiger partial charge in [-0.15, -0.1) is 0 Å². The Bertz CT molecular complexity index is 689. The van der Waals surface area contributed by atoms with Crippen LogP contribution in [-0.2, 0) is 17.7 Å². The number of rotatable bonds is 6. The third kappa shape index (κ3) is 5.00. The van der Waals surface area contributed by atoms with Gasteiger partial charge in [-0.2, -0.15) is 0 Å². The van der Waals surface area contributed by atoms with Gasteiger partial charge >= 0.3 is 0 Å². The molecule has 0 amide bonds. The van der Waals surface area contributed by atoms with Gasteiger partial charge in [-0.1, -0.05) is 6.07 Å². The number of morpholine rings is 1. The van der Waals surface area contributed by atoms with Crippen molar-refractivity contribution in [3.05, 3.63) is 53.5 Å². The first-order valence-electron chi connectivity index (χ1n) is 8.98. The van der Waals surface area contributed by atoms with Crippen LogP contribution in [0.1, 0.15) is 23.2 Å². The van der Waals surface area contributed by atoms with Crippen molar-refractivity contribution in [2.24, 2.45) is 0 Å². The topological polar surface area (TPSA) is 41.5 Å². The first kappa shape index (κ1) is 17.8. The molecule has 0 saturated carbocycles. The lowest BCUT2D eigenvalue weighted by Gasteiger charge is -2.33. The molecular formula is C20H28N4O. The summed E-state index contributed by atoms with van der Waals surface area (Å²) in [5, 5.41) is 0. The van der Waals surface area contributed by atoms with Crippen molar-refractivity contribution in [2.45, 2.75) is 32.4 Å². The van der Waals surface area contributed by atoms with Crippen molar-refractivity contribution >= 4 is 5.82 Å². The van der Waals surface area contributed by atoms with Gasteiger partial charge in [-0.05, 0) is 49.1 Å². The maximum absolute atomic E-state index is 5.99. The molecule has 0 unspecified atom stereocenters. The highest BCUT2D eigenvalue weighted by Gasteiger charge is 2.21. The zero-order chi connectivity index (χ0) is 17.6. The SMILES string of the molecule is Cc1cccnc1CN1CCO[C@H](CCc2ccnc(N(C)C)c2)C1. The van der Waals surface area contributed by atoms with Gasteiger partial charge < -0.3 is 9.64 Å². The van der Waals surface area contributed by atoms with Crippen LogP contribution in [0.25, 0.3) is 0 Å². The molecule has 5 heteroatoms. The Morgan fingerprint density at radius 1 is 1.24 bits per heavy atom. The molecule has 3 heterocycles. The van der Waals surface area contributed by atoms with Gasteiger partial charge in [-0.3, -0.25) is 9.88 Å². The lowest BCUT2D eigenvalue weighted by atomic mass is 10.1. The largest absolute Gasteiger partial charge is 0.376 e. The Morgan fingerprint density at radius 3 is 2.92 bits per heavy atom. The van der Waals surface area contributed by atoms with Crippen molar-refractivity contribution < 1.29 is 4.74 Å². The van der Waals surface area contributed by atoms with E-state index in [1.54, 1.807) is 0 Å². The number of nitrogens with zero attached hydrogens (tertiary/aromatic N) is 4. The maximum Gasteiger partial charge on any atom is 0.128 e. The third-order valence-corrected chi connectivity index (χ3v) is 4.74. The molecule has 1 saturated heterocycles. The average Bonchev–Trinajstić information content (AvgIpc) is 2.62. The van der Waals surface area contributed by atoms with Gasteiger partial charge in [0, 0.05) is 46.1 Å². The fraction of sp³-hybridized carbons (Fsp3) is 0.500.